The van der Waals surface area contributed by atoms with Gasteiger partial charge in [-0.15, -0.1) is 11.6 Å². The second-order valence-corrected chi connectivity index (χ2v) is 5.40. The summed E-state index contributed by atoms with van der Waals surface area (Å²) < 4.78 is 29.0. The lowest BCUT2D eigenvalue weighted by atomic mass is 9.95. The lowest BCUT2D eigenvalue weighted by molar-refractivity contribution is -0.128. The van der Waals surface area contributed by atoms with Gasteiger partial charge in [-0.3, -0.25) is 9.35 Å². The van der Waals surface area contributed by atoms with Crippen molar-refractivity contribution in [2.45, 2.75) is 13.8 Å². The summed E-state index contributed by atoms with van der Waals surface area (Å²) in [6.45, 7) is 3.17. The van der Waals surface area contributed by atoms with Crippen LogP contribution in [-0.4, -0.2) is 37.1 Å². The van der Waals surface area contributed by atoms with Crippen LogP contribution in [0.3, 0.4) is 0 Å². The Morgan fingerprint density at radius 1 is 1.50 bits per heavy atom. The van der Waals surface area contributed by atoms with Crippen molar-refractivity contribution in [2.75, 3.05) is 18.2 Å². The molecule has 0 aliphatic carbocycles. The Labute approximate surface area is 88.6 Å². The lowest BCUT2D eigenvalue weighted by Crippen LogP contribution is -2.40. The van der Waals surface area contributed by atoms with Crippen molar-refractivity contribution in [3.05, 3.63) is 0 Å². The first-order valence-electron chi connectivity index (χ1n) is 3.98. The van der Waals surface area contributed by atoms with E-state index in [9.17, 15) is 13.2 Å². The molecule has 0 saturated carbocycles. The predicted molar refractivity (Wildman–Crippen MR) is 53.9 cm³/mol. The summed E-state index contributed by atoms with van der Waals surface area (Å²) in [5.41, 5.74) is -0.735. The highest BCUT2D eigenvalue weighted by Crippen LogP contribution is 2.16. The van der Waals surface area contributed by atoms with Gasteiger partial charge < -0.3 is 5.32 Å². The van der Waals surface area contributed by atoms with E-state index < -0.39 is 21.3 Å². The second-order valence-electron chi connectivity index (χ2n) is 3.56. The van der Waals surface area contributed by atoms with E-state index in [2.05, 4.69) is 5.32 Å². The average Bonchev–Trinajstić information content (AvgIpc) is 2.02. The Morgan fingerprint density at radius 3 is 2.36 bits per heavy atom. The summed E-state index contributed by atoms with van der Waals surface area (Å²) in [4.78, 5) is 11.3. The topological polar surface area (TPSA) is 83.5 Å². The van der Waals surface area contributed by atoms with Gasteiger partial charge in [0.25, 0.3) is 10.1 Å². The molecule has 0 saturated heterocycles. The molecule has 0 aromatic rings. The predicted octanol–water partition coefficient (Wildman–Crippen LogP) is 0.255. The summed E-state index contributed by atoms with van der Waals surface area (Å²) in [7, 11) is -4.02. The fraction of sp³-hybridized carbons (Fsp3) is 0.857. The summed E-state index contributed by atoms with van der Waals surface area (Å²) in [6, 6.07) is 0. The van der Waals surface area contributed by atoms with Gasteiger partial charge in [-0.25, -0.2) is 0 Å². The normalized spacial score (nSPS) is 12.6. The molecule has 2 N–H and O–H groups in total. The van der Waals surface area contributed by atoms with Crippen LogP contribution in [-0.2, 0) is 14.9 Å². The molecule has 0 aliphatic heterocycles. The van der Waals surface area contributed by atoms with Crippen LogP contribution in [0.25, 0.3) is 0 Å². The van der Waals surface area contributed by atoms with Crippen LogP contribution in [0.2, 0.25) is 0 Å². The van der Waals surface area contributed by atoms with Gasteiger partial charge in [-0.05, 0) is 13.8 Å². The minimum absolute atomic E-state index is 0.113. The van der Waals surface area contributed by atoms with Gasteiger partial charge in [0.15, 0.2) is 0 Å². The number of hydrogen-bond donors (Lipinski definition) is 2. The maximum atomic E-state index is 11.3. The van der Waals surface area contributed by atoms with Gasteiger partial charge in [-0.2, -0.15) is 8.42 Å². The largest absolute Gasteiger partial charge is 0.354 e. The molecule has 14 heavy (non-hydrogen) atoms. The van der Waals surface area contributed by atoms with E-state index >= 15 is 0 Å². The van der Waals surface area contributed by atoms with Crippen molar-refractivity contribution in [3.63, 3.8) is 0 Å². The van der Waals surface area contributed by atoms with Crippen LogP contribution in [0.15, 0.2) is 0 Å². The molecule has 0 atom stereocenters. The van der Waals surface area contributed by atoms with E-state index in [-0.39, 0.29) is 18.3 Å². The van der Waals surface area contributed by atoms with E-state index in [1.165, 1.54) is 0 Å². The lowest BCUT2D eigenvalue weighted by Gasteiger charge is -2.19. The molecule has 7 heteroatoms. The average molecular weight is 244 g/mol. The standard InChI is InChI=1S/C7H14ClNO4S/c1-7(2,5-8)6(10)9-3-4-14(11,12)13/h3-5H2,1-2H3,(H,9,10)(H,11,12,13). The molecular formula is C7H14ClNO4S. The summed E-state index contributed by atoms with van der Waals surface area (Å²) in [6.07, 6.45) is 0. The molecule has 0 rings (SSSR count). The molecule has 0 unspecified atom stereocenters. The molecule has 84 valence electrons. The fourth-order valence-corrected chi connectivity index (χ4v) is 1.07. The molecule has 0 aromatic heterocycles. The Kier molecular flexibility index (Phi) is 4.83. The van der Waals surface area contributed by atoms with E-state index in [1.807, 2.05) is 0 Å². The Balaban J connectivity index is 3.99. The van der Waals surface area contributed by atoms with E-state index in [4.69, 9.17) is 16.2 Å². The van der Waals surface area contributed by atoms with E-state index in [0.717, 1.165) is 0 Å². The molecule has 0 heterocycles. The van der Waals surface area contributed by atoms with E-state index in [1.54, 1.807) is 13.8 Å². The zero-order valence-corrected chi connectivity index (χ0v) is 9.65. The second kappa shape index (κ2) is 4.95. The van der Waals surface area contributed by atoms with Crippen LogP contribution < -0.4 is 5.32 Å². The number of nitrogens with one attached hydrogen (secondary N) is 1. The van der Waals surface area contributed by atoms with Crippen molar-refractivity contribution in [1.29, 1.82) is 0 Å². The van der Waals surface area contributed by atoms with Crippen molar-refractivity contribution in [1.82, 2.24) is 5.32 Å². The first kappa shape index (κ1) is 13.7. The van der Waals surface area contributed by atoms with Gasteiger partial charge in [-0.1, -0.05) is 0 Å². The SMILES string of the molecule is CC(C)(CCl)C(=O)NCCS(=O)(=O)O. The van der Waals surface area contributed by atoms with Crippen LogP contribution in [0.1, 0.15) is 13.8 Å². The Hall–Kier alpha value is -0.330. The molecule has 1 amide bonds. The number of halogens is 1. The highest BCUT2D eigenvalue weighted by atomic mass is 35.5. The summed E-state index contributed by atoms with van der Waals surface area (Å²) in [5, 5.41) is 2.37. The fourth-order valence-electron chi connectivity index (χ4n) is 0.594. The molecule has 0 radical (unpaired) electrons. The molecule has 0 fully saturated rings. The number of amides is 1. The maximum absolute atomic E-state index is 11.3. The number of rotatable bonds is 5. The van der Waals surface area contributed by atoms with Crippen molar-refractivity contribution < 1.29 is 17.8 Å². The quantitative estimate of drug-likeness (QED) is 0.536. The molecule has 5 nitrogen and oxygen atoms in total. The van der Waals surface area contributed by atoms with E-state index in [0.29, 0.717) is 0 Å². The van der Waals surface area contributed by atoms with Crippen molar-refractivity contribution in [2.24, 2.45) is 5.41 Å². The Morgan fingerprint density at radius 2 is 2.00 bits per heavy atom. The van der Waals surface area contributed by atoms with Crippen LogP contribution in [0, 0.1) is 5.41 Å². The van der Waals surface area contributed by atoms with Crippen molar-refractivity contribution in [3.8, 4) is 0 Å². The number of carbonyl (C=O) groups is 1. The third-order valence-electron chi connectivity index (χ3n) is 1.59. The van der Waals surface area contributed by atoms with Gasteiger partial charge in [0.05, 0.1) is 11.2 Å². The zero-order valence-electron chi connectivity index (χ0n) is 8.08. The third kappa shape index (κ3) is 5.41. The van der Waals surface area contributed by atoms with Gasteiger partial charge in [0, 0.05) is 12.4 Å². The molecule has 0 bridgehead atoms. The minimum Gasteiger partial charge on any atom is -0.354 e. The van der Waals surface area contributed by atoms with Crippen LogP contribution in [0.4, 0.5) is 0 Å². The number of hydrogen-bond acceptors (Lipinski definition) is 3. The number of carbonyl (C=O) groups excluding carboxylic acids is 1. The molecule has 0 aromatic carbocycles. The molecular weight excluding hydrogens is 230 g/mol. The number of alkyl halides is 1. The Bertz CT molecular complexity index is 299. The van der Waals surface area contributed by atoms with Gasteiger partial charge >= 0.3 is 0 Å². The maximum Gasteiger partial charge on any atom is 0.266 e. The van der Waals surface area contributed by atoms with Gasteiger partial charge in [0.1, 0.15) is 0 Å². The third-order valence-corrected chi connectivity index (χ3v) is 2.98. The first-order chi connectivity index (χ1) is 6.19. The van der Waals surface area contributed by atoms with Crippen LogP contribution >= 0.6 is 11.6 Å². The van der Waals surface area contributed by atoms with Crippen molar-refractivity contribution >= 4 is 27.6 Å². The summed E-state index contributed by atoms with van der Waals surface area (Å²) in [5.74, 6) is -0.682. The van der Waals surface area contributed by atoms with Gasteiger partial charge in [0.2, 0.25) is 5.91 Å². The smallest absolute Gasteiger partial charge is 0.266 e. The minimum atomic E-state index is -4.02. The molecule has 0 spiro atoms. The first-order valence-corrected chi connectivity index (χ1v) is 6.13. The highest BCUT2D eigenvalue weighted by Gasteiger charge is 2.26. The highest BCUT2D eigenvalue weighted by molar-refractivity contribution is 7.85. The summed E-state index contributed by atoms with van der Waals surface area (Å²) >= 11 is 5.53. The zero-order chi connectivity index (χ0) is 11.4. The monoisotopic (exact) mass is 243 g/mol. The van der Waals surface area contributed by atoms with Crippen LogP contribution in [0.5, 0.6) is 0 Å². The molecule has 0 aliphatic rings.